The number of Topliss-reactive ketones (excluding diaryl/α,β-unsaturated/α-hetero) is 1. The van der Waals surface area contributed by atoms with Gasteiger partial charge >= 0.3 is 0 Å². The third-order valence-corrected chi connectivity index (χ3v) is 1.48. The molecule has 0 spiro atoms. The van der Waals surface area contributed by atoms with E-state index in [1.165, 1.54) is 6.08 Å². The van der Waals surface area contributed by atoms with Gasteiger partial charge in [-0.15, -0.1) is 0 Å². The first-order valence-electron chi connectivity index (χ1n) is 2.75. The molecule has 52 valence electrons. The van der Waals surface area contributed by atoms with Crippen molar-refractivity contribution in [2.45, 2.75) is 6.92 Å². The lowest BCUT2D eigenvalue weighted by Crippen LogP contribution is -2.08. The van der Waals surface area contributed by atoms with Crippen LogP contribution in [0.15, 0.2) is 22.8 Å². The number of hydrogen-bond donors (Lipinski definition) is 0. The van der Waals surface area contributed by atoms with Gasteiger partial charge in [0.2, 0.25) is 0 Å². The minimum Gasteiger partial charge on any atom is -0.290 e. The monoisotopic (exact) mass is 156 g/mol. The molecule has 1 aliphatic carbocycles. The number of ketones is 2. The minimum atomic E-state index is -0.263. The third kappa shape index (κ3) is 1.16. The molecular formula is C7H5ClO2. The second-order valence-electron chi connectivity index (χ2n) is 2.05. The standard InChI is InChI=1S/C7H5ClO2/c1-4-2-5(9)3-6(8)7(4)10/h2-3H,1H3. The van der Waals surface area contributed by atoms with Crippen LogP contribution < -0.4 is 0 Å². The molecule has 0 amide bonds. The van der Waals surface area contributed by atoms with E-state index in [1.54, 1.807) is 6.92 Å². The predicted molar refractivity (Wildman–Crippen MR) is 37.7 cm³/mol. The number of rotatable bonds is 0. The molecule has 0 atom stereocenters. The van der Waals surface area contributed by atoms with E-state index >= 15 is 0 Å². The van der Waals surface area contributed by atoms with Crippen molar-refractivity contribution in [1.82, 2.24) is 0 Å². The van der Waals surface area contributed by atoms with Crippen molar-refractivity contribution in [2.24, 2.45) is 0 Å². The first-order valence-corrected chi connectivity index (χ1v) is 3.13. The Morgan fingerprint density at radius 2 is 1.90 bits per heavy atom. The van der Waals surface area contributed by atoms with Crippen molar-refractivity contribution in [3.8, 4) is 0 Å². The third-order valence-electron chi connectivity index (χ3n) is 1.20. The van der Waals surface area contributed by atoms with Crippen LogP contribution in [0, 0.1) is 0 Å². The number of carbonyl (C=O) groups is 2. The van der Waals surface area contributed by atoms with E-state index in [4.69, 9.17) is 11.6 Å². The van der Waals surface area contributed by atoms with Crippen molar-refractivity contribution < 1.29 is 9.59 Å². The average molecular weight is 157 g/mol. The summed E-state index contributed by atoms with van der Waals surface area (Å²) in [5, 5.41) is 0.00463. The normalized spacial score (nSPS) is 18.6. The maximum absolute atomic E-state index is 10.8. The van der Waals surface area contributed by atoms with E-state index in [0.717, 1.165) is 6.08 Å². The number of carbonyl (C=O) groups excluding carboxylic acids is 2. The fourth-order valence-electron chi connectivity index (χ4n) is 0.699. The highest BCUT2D eigenvalue weighted by atomic mass is 35.5. The Morgan fingerprint density at radius 1 is 1.30 bits per heavy atom. The fraction of sp³-hybridized carbons (Fsp3) is 0.143. The Bertz CT molecular complexity index is 237. The van der Waals surface area contributed by atoms with E-state index in [0.29, 0.717) is 5.57 Å². The summed E-state index contributed by atoms with van der Waals surface area (Å²) in [6, 6.07) is 0. The van der Waals surface area contributed by atoms with Gasteiger partial charge in [0.15, 0.2) is 11.6 Å². The van der Waals surface area contributed by atoms with Crippen LogP contribution in [-0.2, 0) is 9.59 Å². The van der Waals surface area contributed by atoms with Gasteiger partial charge in [0.1, 0.15) is 0 Å². The number of allylic oxidation sites excluding steroid dienone is 4. The summed E-state index contributed by atoms with van der Waals surface area (Å²) in [5.74, 6) is -0.483. The van der Waals surface area contributed by atoms with Crippen LogP contribution in [-0.4, -0.2) is 11.6 Å². The zero-order chi connectivity index (χ0) is 7.72. The molecule has 0 heterocycles. The minimum absolute atomic E-state index is 0.00463. The van der Waals surface area contributed by atoms with Crippen LogP contribution in [0.2, 0.25) is 0 Å². The molecule has 0 radical (unpaired) electrons. The van der Waals surface area contributed by atoms with E-state index in [1.807, 2.05) is 0 Å². The molecule has 10 heavy (non-hydrogen) atoms. The highest BCUT2D eigenvalue weighted by molar-refractivity contribution is 6.47. The van der Waals surface area contributed by atoms with Crippen molar-refractivity contribution in [2.75, 3.05) is 0 Å². The van der Waals surface area contributed by atoms with Gasteiger partial charge in [0, 0.05) is 11.6 Å². The molecule has 0 saturated carbocycles. The van der Waals surface area contributed by atoms with Crippen molar-refractivity contribution in [1.29, 1.82) is 0 Å². The Balaban J connectivity index is 3.05. The van der Waals surface area contributed by atoms with Gasteiger partial charge in [-0.3, -0.25) is 9.59 Å². The summed E-state index contributed by atoms with van der Waals surface area (Å²) < 4.78 is 0. The van der Waals surface area contributed by atoms with Gasteiger partial charge in [0.25, 0.3) is 0 Å². The number of halogens is 1. The summed E-state index contributed by atoms with van der Waals surface area (Å²) in [5.41, 5.74) is 0.400. The molecule has 2 nitrogen and oxygen atoms in total. The molecule has 0 unspecified atom stereocenters. The average Bonchev–Trinajstić information content (AvgIpc) is 1.82. The van der Waals surface area contributed by atoms with E-state index < -0.39 is 0 Å². The molecule has 0 bridgehead atoms. The lowest BCUT2D eigenvalue weighted by atomic mass is 10.1. The maximum atomic E-state index is 10.8. The SMILES string of the molecule is CC1=CC(=O)C=C(Cl)C1=O. The van der Waals surface area contributed by atoms with Gasteiger partial charge < -0.3 is 0 Å². The molecule has 0 aromatic heterocycles. The molecule has 0 aromatic rings. The molecule has 0 aromatic carbocycles. The van der Waals surface area contributed by atoms with Gasteiger partial charge in [-0.1, -0.05) is 11.6 Å². The van der Waals surface area contributed by atoms with Crippen LogP contribution in [0.3, 0.4) is 0 Å². The van der Waals surface area contributed by atoms with Crippen LogP contribution in [0.4, 0.5) is 0 Å². The van der Waals surface area contributed by atoms with Crippen molar-refractivity contribution >= 4 is 23.2 Å². The molecule has 0 N–H and O–H groups in total. The van der Waals surface area contributed by atoms with Gasteiger partial charge in [-0.2, -0.15) is 0 Å². The Hall–Kier alpha value is -0.890. The lowest BCUT2D eigenvalue weighted by molar-refractivity contribution is -0.114. The van der Waals surface area contributed by atoms with Crippen LogP contribution in [0.5, 0.6) is 0 Å². The first-order chi connectivity index (χ1) is 4.61. The van der Waals surface area contributed by atoms with Crippen molar-refractivity contribution in [3.63, 3.8) is 0 Å². The number of hydrogen-bond acceptors (Lipinski definition) is 2. The van der Waals surface area contributed by atoms with Crippen molar-refractivity contribution in [3.05, 3.63) is 22.8 Å². The summed E-state index contributed by atoms with van der Waals surface area (Å²) in [6.07, 6.45) is 2.39. The molecular weight excluding hydrogens is 152 g/mol. The van der Waals surface area contributed by atoms with Crippen LogP contribution in [0.25, 0.3) is 0 Å². The fourth-order valence-corrected chi connectivity index (χ4v) is 0.956. The molecule has 3 heteroatoms. The summed E-state index contributed by atoms with van der Waals surface area (Å²) >= 11 is 5.41. The second kappa shape index (κ2) is 2.39. The van der Waals surface area contributed by atoms with Crippen LogP contribution >= 0.6 is 11.6 Å². The lowest BCUT2D eigenvalue weighted by Gasteiger charge is -2.02. The topological polar surface area (TPSA) is 34.1 Å². The van der Waals surface area contributed by atoms with Gasteiger partial charge in [0.05, 0.1) is 5.03 Å². The maximum Gasteiger partial charge on any atom is 0.200 e. The zero-order valence-corrected chi connectivity index (χ0v) is 6.11. The predicted octanol–water partition coefficient (Wildman–Crippen LogP) is 1.21. The van der Waals surface area contributed by atoms with Gasteiger partial charge in [-0.25, -0.2) is 0 Å². The quantitative estimate of drug-likeness (QED) is 0.494. The first kappa shape index (κ1) is 7.22. The largest absolute Gasteiger partial charge is 0.290 e. The molecule has 0 saturated heterocycles. The Labute approximate surface area is 63.2 Å². The Kier molecular flexibility index (Phi) is 1.72. The smallest absolute Gasteiger partial charge is 0.200 e. The second-order valence-corrected chi connectivity index (χ2v) is 2.46. The van der Waals surface area contributed by atoms with Gasteiger partial charge in [-0.05, 0) is 13.0 Å². The molecule has 0 fully saturated rings. The Morgan fingerprint density at radius 3 is 2.40 bits per heavy atom. The molecule has 1 aliphatic rings. The molecule has 1 rings (SSSR count). The van der Waals surface area contributed by atoms with Crippen LogP contribution in [0.1, 0.15) is 6.92 Å². The highest BCUT2D eigenvalue weighted by Crippen LogP contribution is 2.14. The van der Waals surface area contributed by atoms with E-state index in [2.05, 4.69) is 0 Å². The van der Waals surface area contributed by atoms with E-state index in [9.17, 15) is 9.59 Å². The molecule has 0 aliphatic heterocycles. The summed E-state index contributed by atoms with van der Waals surface area (Å²) in [4.78, 5) is 21.5. The summed E-state index contributed by atoms with van der Waals surface area (Å²) in [6.45, 7) is 1.57. The van der Waals surface area contributed by atoms with E-state index in [-0.39, 0.29) is 16.6 Å². The highest BCUT2D eigenvalue weighted by Gasteiger charge is 2.15. The summed E-state index contributed by atoms with van der Waals surface area (Å²) in [7, 11) is 0. The zero-order valence-electron chi connectivity index (χ0n) is 5.35.